The Morgan fingerprint density at radius 1 is 0.636 bits per heavy atom. The number of ether oxygens (including phenoxy) is 14. The van der Waals surface area contributed by atoms with Gasteiger partial charge in [-0.2, -0.15) is 0 Å². The van der Waals surface area contributed by atoms with Crippen molar-refractivity contribution in [1.29, 1.82) is 5.41 Å². The van der Waals surface area contributed by atoms with Gasteiger partial charge in [-0.3, -0.25) is 24.6 Å². The van der Waals surface area contributed by atoms with Crippen LogP contribution in [0.3, 0.4) is 0 Å². The third-order valence-electron chi connectivity index (χ3n) is 18.6. The van der Waals surface area contributed by atoms with Gasteiger partial charge in [0.1, 0.15) is 56.4 Å². The van der Waals surface area contributed by atoms with Gasteiger partial charge < -0.3 is 71.4 Å². The smallest absolute Gasteiger partial charge is 0.366 e. The zero-order chi connectivity index (χ0) is 80.1. The standard InChI is InChI=1S/C51H64Cl3NO20.C25H39N3O3.C2H6.2CH4/c1-25-21-50(49(62)63-10,74-39(26(25)2)29(5)36(67-31(7)57)22-64-30(6)56)75-42-41(68-32(8)58)38(24-66-45(61)35-19-15-12-16-20-35)71-47(43(42)69-33(9)59)72-40-27(3)28(4)46(73-48(55)51(52,53)54)70-37(40)23-65-44(60)34-17-13-11-14-18-34;1-2-3-4-5-6-7-8-9-10-11-12-13-17-20-24(23(21-29)27-28-26)31-25(30)22-18-15-14-16-19-22;1-2;;/h11-20,25-29,36-43,46-47,55H,21-24H2,1-10H3;14-20,23-24,29H,2-13,21H2,1H3;1-2H3;2*1H4/b;20-17+;;;/t25?,26-,27?,28?,29-,36-,37+,38?,39-,40+,41+,42+,43?,46-,47+,50+;23-,24+;;;/m10.../s1. The van der Waals surface area contributed by atoms with E-state index in [2.05, 4.69) is 16.9 Å². The summed E-state index contributed by atoms with van der Waals surface area (Å²) in [5.74, 6) is -12.7. The fourth-order valence-corrected chi connectivity index (χ4v) is 12.6. The molecule has 3 saturated heterocycles. The molecule has 30 heteroatoms. The van der Waals surface area contributed by atoms with Crippen LogP contribution in [0.4, 0.5) is 0 Å². The maximum atomic E-state index is 14.5. The van der Waals surface area contributed by atoms with E-state index >= 15 is 0 Å². The number of nitrogens with zero attached hydrogens (tertiary/aromatic N) is 3. The Kier molecular flexibility index (Phi) is 46.0. The van der Waals surface area contributed by atoms with Crippen molar-refractivity contribution in [2.75, 3.05) is 33.5 Å². The molecule has 27 nitrogen and oxygen atoms in total. The molecular formula is C80H117Cl3N4O23. The molecule has 3 aliphatic heterocycles. The lowest BCUT2D eigenvalue weighted by atomic mass is 9.76. The molecule has 3 aromatic rings. The fraction of sp³-hybridized carbons (Fsp3) is 0.637. The third kappa shape index (κ3) is 32.0. The fourth-order valence-electron chi connectivity index (χ4n) is 12.5. The lowest BCUT2D eigenvalue weighted by Crippen LogP contribution is -2.68. The molecule has 2 N–H and O–H groups in total. The van der Waals surface area contributed by atoms with Crippen molar-refractivity contribution in [2.45, 2.75) is 265 Å². The average Bonchev–Trinajstić information content (AvgIpc) is 0.746. The van der Waals surface area contributed by atoms with E-state index in [0.717, 1.165) is 33.8 Å². The Labute approximate surface area is 663 Å². The number of carbonyl (C=O) groups excluding carboxylic acids is 8. The van der Waals surface area contributed by atoms with Gasteiger partial charge >= 0.3 is 47.8 Å². The van der Waals surface area contributed by atoms with Gasteiger partial charge in [0.05, 0.1) is 42.6 Å². The van der Waals surface area contributed by atoms with Gasteiger partial charge in [-0.15, -0.1) is 0 Å². The molecule has 6 rings (SSSR count). The maximum absolute atomic E-state index is 14.5. The maximum Gasteiger partial charge on any atom is 0.366 e. The highest BCUT2D eigenvalue weighted by Gasteiger charge is 2.61. The van der Waals surface area contributed by atoms with Gasteiger partial charge in [0.15, 0.2) is 18.5 Å². The predicted octanol–water partition coefficient (Wildman–Crippen LogP) is 15.9. The minimum atomic E-state index is -2.45. The number of halogens is 3. The van der Waals surface area contributed by atoms with Crippen molar-refractivity contribution < 1.29 is 110 Å². The molecule has 5 unspecified atom stereocenters. The van der Waals surface area contributed by atoms with Crippen molar-refractivity contribution in [2.24, 2.45) is 34.7 Å². The molecule has 110 heavy (non-hydrogen) atoms. The molecule has 0 aliphatic carbocycles. The van der Waals surface area contributed by atoms with Gasteiger partial charge in [-0.1, -0.05) is 235 Å². The number of unbranched alkanes of at least 4 members (excludes halogenated alkanes) is 11. The Morgan fingerprint density at radius 2 is 1.12 bits per heavy atom. The summed E-state index contributed by atoms with van der Waals surface area (Å²) < 4.78 is 81.9. The van der Waals surface area contributed by atoms with E-state index in [4.69, 9.17) is 112 Å². The van der Waals surface area contributed by atoms with Crippen molar-refractivity contribution in [1.82, 2.24) is 0 Å². The molecule has 616 valence electrons. The number of benzene rings is 3. The van der Waals surface area contributed by atoms with Crippen LogP contribution in [-0.4, -0.2) is 175 Å². The third-order valence-corrected chi connectivity index (χ3v) is 19.1. The summed E-state index contributed by atoms with van der Waals surface area (Å²) in [4.78, 5) is 107. The number of aliphatic hydroxyl groups excluding tert-OH is 1. The van der Waals surface area contributed by atoms with Crippen LogP contribution in [0.5, 0.6) is 0 Å². The lowest BCUT2D eigenvalue weighted by molar-refractivity contribution is -0.380. The molecule has 0 bridgehead atoms. The highest BCUT2D eigenvalue weighted by Crippen LogP contribution is 2.46. The van der Waals surface area contributed by atoms with Gasteiger partial charge in [-0.05, 0) is 78.6 Å². The molecule has 3 fully saturated rings. The van der Waals surface area contributed by atoms with Crippen LogP contribution >= 0.6 is 34.8 Å². The number of aliphatic hydroxyl groups is 1. The number of carbonyl (C=O) groups is 8. The molecule has 3 aliphatic rings. The van der Waals surface area contributed by atoms with Crippen LogP contribution in [0.2, 0.25) is 0 Å². The molecule has 0 aromatic heterocycles. The normalized spacial score (nSPS) is 24.5. The quantitative estimate of drug-likeness (QED) is 0.00517. The number of alkyl halides is 3. The van der Waals surface area contributed by atoms with Crippen molar-refractivity contribution >= 4 is 88.5 Å². The molecule has 3 aromatic carbocycles. The van der Waals surface area contributed by atoms with Gasteiger partial charge in [0, 0.05) is 50.9 Å². The van der Waals surface area contributed by atoms with E-state index in [1.54, 1.807) is 94.4 Å². The second-order valence-electron chi connectivity index (χ2n) is 26.6. The number of esters is 8. The van der Waals surface area contributed by atoms with E-state index in [9.17, 15) is 43.5 Å². The molecule has 3 heterocycles. The SMILES string of the molecule is C.C.CC.CCCCCCCCCCCCC/C=C/[C@@H](OC(=O)c1ccccc1)[C@H](CO)N=[N+]=[N-].COC(=O)[C@@]1(O[C@@H]2C(OC(C)=O)[C@H](O[C@H]3C(C)C(C)[C@@H](OC(=N)C(Cl)(Cl)Cl)O[C@H]3COC(=O)c3ccccc3)OC(COC(=O)c3ccccc3)[C@@H]2OC(C)=O)CC(C)[C@@H](C)[C@H]([C@H](C)[C@@H](COC(C)=O)OC(C)=O)O1. The van der Waals surface area contributed by atoms with E-state index in [1.807, 2.05) is 32.9 Å². The first-order valence-electron chi connectivity index (χ1n) is 36.9. The monoisotopic (exact) mass is 1610 g/mol. The zero-order valence-corrected chi connectivity index (χ0v) is 66.3. The first kappa shape index (κ1) is 98.6. The van der Waals surface area contributed by atoms with E-state index in [1.165, 1.54) is 102 Å². The summed E-state index contributed by atoms with van der Waals surface area (Å²) in [6.07, 6.45) is 3.17. The Balaban J connectivity index is 0.000000984. The molecule has 0 saturated carbocycles. The van der Waals surface area contributed by atoms with Crippen LogP contribution in [-0.2, 0) is 90.3 Å². The number of methoxy groups -OCH3 is 1. The number of hydrogen-bond donors (Lipinski definition) is 2. The second-order valence-corrected chi connectivity index (χ2v) is 28.9. The molecule has 0 spiro atoms. The number of allylic oxidation sites excluding steroid dienone is 1. The number of nitrogens with one attached hydrogen (secondary N) is 1. The summed E-state index contributed by atoms with van der Waals surface area (Å²) in [6.45, 7) is 17.5. The van der Waals surface area contributed by atoms with Crippen LogP contribution < -0.4 is 0 Å². The topological polar surface area (TPSA) is 359 Å². The van der Waals surface area contributed by atoms with Crippen LogP contribution in [0.25, 0.3) is 10.4 Å². The minimum absolute atomic E-state index is 0. The lowest BCUT2D eigenvalue weighted by Gasteiger charge is -2.52. The molecule has 18 atom stereocenters. The summed E-state index contributed by atoms with van der Waals surface area (Å²) in [7, 11) is 1.08. The van der Waals surface area contributed by atoms with Crippen molar-refractivity contribution in [3.63, 3.8) is 0 Å². The molecule has 0 amide bonds. The summed E-state index contributed by atoms with van der Waals surface area (Å²) in [6, 6.07) is 23.8. The van der Waals surface area contributed by atoms with Gasteiger partial charge in [0.25, 0.3) is 9.58 Å². The first-order valence-corrected chi connectivity index (χ1v) is 38.0. The highest BCUT2D eigenvalue weighted by atomic mass is 35.6. The van der Waals surface area contributed by atoms with Gasteiger partial charge in [-0.25, -0.2) is 19.2 Å². The minimum Gasteiger partial charge on any atom is -0.465 e. The van der Waals surface area contributed by atoms with Crippen LogP contribution in [0, 0.1) is 35.0 Å². The number of hydrogen-bond acceptors (Lipinski definition) is 25. The Morgan fingerprint density at radius 3 is 1.58 bits per heavy atom. The van der Waals surface area contributed by atoms with Crippen molar-refractivity contribution in [3.8, 4) is 0 Å². The Hall–Kier alpha value is -7.43. The average molecular weight is 1610 g/mol. The van der Waals surface area contributed by atoms with Gasteiger partial charge in [0.2, 0.25) is 12.2 Å². The Bertz CT molecular complexity index is 3350. The van der Waals surface area contributed by atoms with E-state index in [0.29, 0.717) is 5.56 Å². The molecule has 0 radical (unpaired) electrons. The summed E-state index contributed by atoms with van der Waals surface area (Å²) in [5.41, 5.74) is 9.50. The number of azide groups is 1. The summed E-state index contributed by atoms with van der Waals surface area (Å²) in [5, 5.41) is 21.4. The van der Waals surface area contributed by atoms with Crippen LogP contribution in [0.1, 0.15) is 212 Å². The number of rotatable bonds is 37. The van der Waals surface area contributed by atoms with E-state index in [-0.39, 0.29) is 45.6 Å². The predicted molar refractivity (Wildman–Crippen MR) is 414 cm³/mol. The molecular weight excluding hydrogens is 1490 g/mol. The zero-order valence-electron chi connectivity index (χ0n) is 64.1. The largest absolute Gasteiger partial charge is 0.465 e. The van der Waals surface area contributed by atoms with Crippen LogP contribution in [0.15, 0.2) is 108 Å². The summed E-state index contributed by atoms with van der Waals surface area (Å²) >= 11 is 18.0. The van der Waals surface area contributed by atoms with Crippen molar-refractivity contribution in [3.05, 3.63) is 130 Å². The van der Waals surface area contributed by atoms with E-state index < -0.39 is 180 Å². The highest BCUT2D eigenvalue weighted by molar-refractivity contribution is 6.76. The second kappa shape index (κ2) is 51.3. The first-order chi connectivity index (χ1) is 51.5.